The molecule has 116 valence electrons. The molecule has 21 heavy (non-hydrogen) atoms. The fourth-order valence-corrected chi connectivity index (χ4v) is 2.99. The second kappa shape index (κ2) is 7.55. The Bertz CT molecular complexity index is 470. The Morgan fingerprint density at radius 2 is 2.05 bits per heavy atom. The van der Waals surface area contributed by atoms with Crippen LogP contribution in [-0.4, -0.2) is 30.4 Å². The lowest BCUT2D eigenvalue weighted by Crippen LogP contribution is -2.40. The molecule has 0 unspecified atom stereocenters. The number of piperidine rings is 1. The standard InChI is InChI=1S/C17H25FN2O/c1-3-17(15-6-4-5-7-16(15)18)19-12-14-8-10-20(11-9-14)13(2)21/h4-7,14,17,19H,3,8-12H2,1-2H3/t17-/m1/s1. The summed E-state index contributed by atoms with van der Waals surface area (Å²) in [5, 5.41) is 3.50. The van der Waals surface area contributed by atoms with E-state index in [9.17, 15) is 9.18 Å². The number of carbonyl (C=O) groups excluding carboxylic acids is 1. The number of amides is 1. The minimum Gasteiger partial charge on any atom is -0.343 e. The Hall–Kier alpha value is -1.42. The van der Waals surface area contributed by atoms with Gasteiger partial charge in [-0.05, 0) is 37.8 Å². The number of nitrogens with one attached hydrogen (secondary N) is 1. The van der Waals surface area contributed by atoms with Gasteiger partial charge >= 0.3 is 0 Å². The molecule has 0 spiro atoms. The van der Waals surface area contributed by atoms with Crippen LogP contribution in [0, 0.1) is 11.7 Å². The molecule has 1 heterocycles. The molecule has 1 aliphatic heterocycles. The minimum atomic E-state index is -0.136. The maximum Gasteiger partial charge on any atom is 0.219 e. The third-order valence-electron chi connectivity index (χ3n) is 4.40. The van der Waals surface area contributed by atoms with Crippen LogP contribution < -0.4 is 5.32 Å². The number of hydrogen-bond acceptors (Lipinski definition) is 2. The number of halogens is 1. The lowest BCUT2D eigenvalue weighted by Gasteiger charge is -2.32. The summed E-state index contributed by atoms with van der Waals surface area (Å²) in [5.41, 5.74) is 0.751. The minimum absolute atomic E-state index is 0.0667. The zero-order valence-corrected chi connectivity index (χ0v) is 12.9. The maximum atomic E-state index is 13.8. The highest BCUT2D eigenvalue weighted by Crippen LogP contribution is 2.22. The summed E-state index contributed by atoms with van der Waals surface area (Å²) in [7, 11) is 0. The lowest BCUT2D eigenvalue weighted by atomic mass is 9.95. The van der Waals surface area contributed by atoms with Crippen molar-refractivity contribution < 1.29 is 9.18 Å². The molecule has 1 aromatic carbocycles. The molecule has 1 aromatic rings. The van der Waals surface area contributed by atoms with Gasteiger partial charge in [0.1, 0.15) is 5.82 Å². The van der Waals surface area contributed by atoms with Gasteiger partial charge in [-0.3, -0.25) is 4.79 Å². The first-order chi connectivity index (χ1) is 10.1. The largest absolute Gasteiger partial charge is 0.343 e. The molecule has 4 heteroatoms. The van der Waals surface area contributed by atoms with Crippen LogP contribution >= 0.6 is 0 Å². The topological polar surface area (TPSA) is 32.3 Å². The van der Waals surface area contributed by atoms with Crippen LogP contribution in [-0.2, 0) is 4.79 Å². The maximum absolute atomic E-state index is 13.8. The van der Waals surface area contributed by atoms with Gasteiger partial charge in [0.25, 0.3) is 0 Å². The molecule has 1 fully saturated rings. The molecule has 2 rings (SSSR count). The zero-order chi connectivity index (χ0) is 15.2. The first-order valence-corrected chi connectivity index (χ1v) is 7.85. The number of rotatable bonds is 5. The van der Waals surface area contributed by atoms with E-state index in [2.05, 4.69) is 12.2 Å². The first-order valence-electron chi connectivity index (χ1n) is 7.85. The van der Waals surface area contributed by atoms with E-state index in [1.165, 1.54) is 6.07 Å². The molecule has 0 aliphatic carbocycles. The molecule has 1 amide bonds. The van der Waals surface area contributed by atoms with Crippen LogP contribution in [0.4, 0.5) is 4.39 Å². The summed E-state index contributed by atoms with van der Waals surface area (Å²) in [4.78, 5) is 13.2. The SMILES string of the molecule is CC[C@@H](NCC1CCN(C(C)=O)CC1)c1ccccc1F. The Labute approximate surface area is 126 Å². The van der Waals surface area contributed by atoms with Gasteiger partial charge in [-0.2, -0.15) is 0 Å². The van der Waals surface area contributed by atoms with Crippen molar-refractivity contribution >= 4 is 5.91 Å². The molecule has 1 aliphatic rings. The van der Waals surface area contributed by atoms with Crippen LogP contribution in [0.5, 0.6) is 0 Å². The molecule has 1 atom stereocenters. The number of carbonyl (C=O) groups is 1. The van der Waals surface area contributed by atoms with Crippen molar-refractivity contribution in [3.05, 3.63) is 35.6 Å². The van der Waals surface area contributed by atoms with Crippen LogP contribution in [0.3, 0.4) is 0 Å². The molecule has 1 saturated heterocycles. The number of likely N-dealkylation sites (tertiary alicyclic amines) is 1. The third kappa shape index (κ3) is 4.27. The molecule has 1 N–H and O–H groups in total. The molecule has 0 saturated carbocycles. The van der Waals surface area contributed by atoms with E-state index in [1.54, 1.807) is 13.0 Å². The average Bonchev–Trinajstić information content (AvgIpc) is 2.50. The predicted octanol–water partition coefficient (Wildman–Crippen LogP) is 3.12. The zero-order valence-electron chi connectivity index (χ0n) is 12.9. The van der Waals surface area contributed by atoms with Crippen molar-refractivity contribution in [2.75, 3.05) is 19.6 Å². The Morgan fingerprint density at radius 3 is 2.62 bits per heavy atom. The average molecular weight is 292 g/mol. The summed E-state index contributed by atoms with van der Waals surface area (Å²) >= 11 is 0. The van der Waals surface area contributed by atoms with Gasteiger partial charge in [-0.15, -0.1) is 0 Å². The third-order valence-corrected chi connectivity index (χ3v) is 4.40. The number of benzene rings is 1. The summed E-state index contributed by atoms with van der Waals surface area (Å²) in [6.45, 7) is 6.28. The van der Waals surface area contributed by atoms with Crippen LogP contribution in [0.1, 0.15) is 44.7 Å². The van der Waals surface area contributed by atoms with Crippen molar-refractivity contribution in [1.82, 2.24) is 10.2 Å². The monoisotopic (exact) mass is 292 g/mol. The summed E-state index contributed by atoms with van der Waals surface area (Å²) in [5.74, 6) is 0.601. The van der Waals surface area contributed by atoms with Crippen molar-refractivity contribution in [3.8, 4) is 0 Å². The van der Waals surface area contributed by atoms with E-state index < -0.39 is 0 Å². The van der Waals surface area contributed by atoms with Gasteiger partial charge in [-0.1, -0.05) is 25.1 Å². The van der Waals surface area contributed by atoms with Gasteiger partial charge in [0.2, 0.25) is 5.91 Å². The Balaban J connectivity index is 1.85. The van der Waals surface area contributed by atoms with Gasteiger partial charge < -0.3 is 10.2 Å². The second-order valence-electron chi connectivity index (χ2n) is 5.84. The molecular weight excluding hydrogens is 267 g/mol. The second-order valence-corrected chi connectivity index (χ2v) is 5.84. The summed E-state index contributed by atoms with van der Waals surface area (Å²) < 4.78 is 13.8. The molecule has 3 nitrogen and oxygen atoms in total. The molecule has 0 bridgehead atoms. The van der Waals surface area contributed by atoms with Crippen molar-refractivity contribution in [1.29, 1.82) is 0 Å². The normalized spacial score (nSPS) is 17.8. The van der Waals surface area contributed by atoms with Gasteiger partial charge in [0.05, 0.1) is 0 Å². The fraction of sp³-hybridized carbons (Fsp3) is 0.588. The van der Waals surface area contributed by atoms with Crippen molar-refractivity contribution in [2.45, 2.75) is 39.2 Å². The lowest BCUT2D eigenvalue weighted by molar-refractivity contribution is -0.130. The van der Waals surface area contributed by atoms with E-state index in [0.29, 0.717) is 5.92 Å². The number of nitrogens with zero attached hydrogens (tertiary/aromatic N) is 1. The summed E-state index contributed by atoms with van der Waals surface area (Å²) in [6, 6.07) is 7.05. The molecule has 0 aromatic heterocycles. The summed E-state index contributed by atoms with van der Waals surface area (Å²) in [6.07, 6.45) is 2.92. The van der Waals surface area contributed by atoms with Gasteiger partial charge in [-0.25, -0.2) is 4.39 Å². The molecular formula is C17H25FN2O. The fourth-order valence-electron chi connectivity index (χ4n) is 2.99. The van der Waals surface area contributed by atoms with Crippen LogP contribution in [0.25, 0.3) is 0 Å². The predicted molar refractivity (Wildman–Crippen MR) is 82.4 cm³/mol. The highest BCUT2D eigenvalue weighted by Gasteiger charge is 2.22. The van der Waals surface area contributed by atoms with Crippen molar-refractivity contribution in [2.24, 2.45) is 5.92 Å². The number of hydrogen-bond donors (Lipinski definition) is 1. The van der Waals surface area contributed by atoms with E-state index in [4.69, 9.17) is 0 Å². The van der Waals surface area contributed by atoms with Gasteiger partial charge in [0, 0.05) is 31.6 Å². The van der Waals surface area contributed by atoms with E-state index in [-0.39, 0.29) is 17.8 Å². The van der Waals surface area contributed by atoms with E-state index >= 15 is 0 Å². The van der Waals surface area contributed by atoms with E-state index in [0.717, 1.165) is 44.5 Å². The quantitative estimate of drug-likeness (QED) is 0.904. The first kappa shape index (κ1) is 16.0. The molecule has 0 radical (unpaired) electrons. The van der Waals surface area contributed by atoms with Crippen molar-refractivity contribution in [3.63, 3.8) is 0 Å². The Morgan fingerprint density at radius 1 is 1.38 bits per heavy atom. The Kier molecular flexibility index (Phi) is 5.74. The smallest absolute Gasteiger partial charge is 0.219 e. The highest BCUT2D eigenvalue weighted by atomic mass is 19.1. The van der Waals surface area contributed by atoms with E-state index in [1.807, 2.05) is 17.0 Å². The van der Waals surface area contributed by atoms with Crippen LogP contribution in [0.2, 0.25) is 0 Å². The van der Waals surface area contributed by atoms with Crippen LogP contribution in [0.15, 0.2) is 24.3 Å². The van der Waals surface area contributed by atoms with Gasteiger partial charge in [0.15, 0.2) is 0 Å². The highest BCUT2D eigenvalue weighted by molar-refractivity contribution is 5.73.